The van der Waals surface area contributed by atoms with E-state index in [4.69, 9.17) is 0 Å². The molecule has 16 heavy (non-hydrogen) atoms. The highest BCUT2D eigenvalue weighted by Crippen LogP contribution is 2.15. The van der Waals surface area contributed by atoms with Gasteiger partial charge in [-0.05, 0) is 24.4 Å². The van der Waals surface area contributed by atoms with Crippen molar-refractivity contribution in [2.24, 2.45) is 5.92 Å². The van der Waals surface area contributed by atoms with Gasteiger partial charge in [0.25, 0.3) is 0 Å². The number of hydrogen-bond donors (Lipinski definition) is 1. The lowest BCUT2D eigenvalue weighted by Crippen LogP contribution is -2.33. The number of amides is 1. The number of carbonyl (C=O) groups is 1. The lowest BCUT2D eigenvalue weighted by atomic mass is 10.1. The largest absolute Gasteiger partial charge is 0.340 e. The van der Waals surface area contributed by atoms with E-state index >= 15 is 0 Å². The summed E-state index contributed by atoms with van der Waals surface area (Å²) in [5.41, 5.74) is 0. The summed E-state index contributed by atoms with van der Waals surface area (Å²) in [5, 5.41) is 5.27. The van der Waals surface area contributed by atoms with E-state index in [0.29, 0.717) is 0 Å². The second kappa shape index (κ2) is 6.23. The second-order valence-corrected chi connectivity index (χ2v) is 5.00. The topological polar surface area (TPSA) is 32.3 Å². The van der Waals surface area contributed by atoms with Crippen molar-refractivity contribution < 1.29 is 4.79 Å². The number of thiophene rings is 1. The molecule has 0 unspecified atom stereocenters. The molecule has 1 amide bonds. The predicted molar refractivity (Wildman–Crippen MR) is 69.0 cm³/mol. The van der Waals surface area contributed by atoms with Crippen LogP contribution in [0.2, 0.25) is 0 Å². The van der Waals surface area contributed by atoms with Crippen LogP contribution >= 0.6 is 23.7 Å². The lowest BCUT2D eigenvalue weighted by Gasteiger charge is -2.19. The fourth-order valence-electron chi connectivity index (χ4n) is 1.89. The zero-order chi connectivity index (χ0) is 10.7. The number of nitrogens with one attached hydrogen (secondary N) is 1. The molecule has 1 aliphatic rings. The maximum Gasteiger partial charge on any atom is 0.227 e. The van der Waals surface area contributed by atoms with E-state index in [1.807, 2.05) is 23.4 Å². The summed E-state index contributed by atoms with van der Waals surface area (Å²) >= 11 is 1.70. The second-order valence-electron chi connectivity index (χ2n) is 3.96. The summed E-state index contributed by atoms with van der Waals surface area (Å²) in [6, 6.07) is 4.09. The predicted octanol–water partition coefficient (Wildman–Crippen LogP) is 1.74. The Morgan fingerprint density at radius 1 is 1.69 bits per heavy atom. The Bertz CT molecular complexity index is 323. The van der Waals surface area contributed by atoms with Crippen molar-refractivity contribution in [1.29, 1.82) is 0 Å². The first-order valence-electron chi connectivity index (χ1n) is 5.25. The smallest absolute Gasteiger partial charge is 0.227 e. The highest BCUT2D eigenvalue weighted by atomic mass is 35.5. The molecule has 1 aromatic heterocycles. The van der Waals surface area contributed by atoms with Gasteiger partial charge in [-0.25, -0.2) is 0 Å². The Kier molecular flexibility index (Phi) is 5.25. The highest BCUT2D eigenvalue weighted by Gasteiger charge is 2.25. The van der Waals surface area contributed by atoms with Crippen molar-refractivity contribution in [1.82, 2.24) is 10.2 Å². The molecule has 1 aromatic rings. The molecular weight excluding hydrogens is 244 g/mol. The molecule has 2 rings (SSSR count). The number of nitrogens with zero attached hydrogens (tertiary/aromatic N) is 1. The fourth-order valence-corrected chi connectivity index (χ4v) is 2.65. The molecule has 1 N–H and O–H groups in total. The van der Waals surface area contributed by atoms with E-state index in [2.05, 4.69) is 11.4 Å². The van der Waals surface area contributed by atoms with Crippen LogP contribution in [-0.2, 0) is 11.3 Å². The summed E-state index contributed by atoms with van der Waals surface area (Å²) in [6.45, 7) is 2.56. The normalized spacial score (nSPS) is 19.2. The van der Waals surface area contributed by atoms with Crippen LogP contribution in [0.25, 0.3) is 0 Å². The third kappa shape index (κ3) is 3.20. The molecule has 1 saturated heterocycles. The Hall–Kier alpha value is -0.580. The van der Waals surface area contributed by atoms with Gasteiger partial charge in [-0.2, -0.15) is 0 Å². The average molecular weight is 261 g/mol. The first kappa shape index (κ1) is 13.5. The summed E-state index contributed by atoms with van der Waals surface area (Å²) in [4.78, 5) is 15.0. The molecule has 0 radical (unpaired) electrons. The van der Waals surface area contributed by atoms with Crippen LogP contribution in [0, 0.1) is 5.92 Å². The monoisotopic (exact) mass is 260 g/mol. The number of hydrogen-bond acceptors (Lipinski definition) is 3. The van der Waals surface area contributed by atoms with Gasteiger partial charge in [-0.1, -0.05) is 6.07 Å². The van der Waals surface area contributed by atoms with Gasteiger partial charge in [0.2, 0.25) is 5.91 Å². The van der Waals surface area contributed by atoms with E-state index in [9.17, 15) is 4.79 Å². The van der Waals surface area contributed by atoms with Crippen molar-refractivity contribution in [3.05, 3.63) is 22.4 Å². The van der Waals surface area contributed by atoms with E-state index in [1.165, 1.54) is 4.88 Å². The molecular formula is C11H17ClN2OS. The molecule has 1 fully saturated rings. The van der Waals surface area contributed by atoms with Crippen molar-refractivity contribution in [2.75, 3.05) is 20.1 Å². The van der Waals surface area contributed by atoms with Crippen LogP contribution in [0.3, 0.4) is 0 Å². The molecule has 0 spiro atoms. The quantitative estimate of drug-likeness (QED) is 0.898. The van der Waals surface area contributed by atoms with Gasteiger partial charge >= 0.3 is 0 Å². The van der Waals surface area contributed by atoms with Gasteiger partial charge in [-0.3, -0.25) is 4.79 Å². The van der Waals surface area contributed by atoms with Crippen LogP contribution in [0.4, 0.5) is 0 Å². The van der Waals surface area contributed by atoms with Gasteiger partial charge < -0.3 is 10.2 Å². The minimum Gasteiger partial charge on any atom is -0.340 e. The van der Waals surface area contributed by atoms with Crippen LogP contribution < -0.4 is 5.32 Å². The van der Waals surface area contributed by atoms with Crippen LogP contribution in [0.15, 0.2) is 17.5 Å². The first-order valence-corrected chi connectivity index (χ1v) is 6.13. The molecule has 0 aliphatic carbocycles. The summed E-state index contributed by atoms with van der Waals surface area (Å²) in [7, 11) is 1.89. The Balaban J connectivity index is 0.00000128. The molecule has 0 saturated carbocycles. The standard InChI is InChI=1S/C11H16N2OS.ClH/c1-13(8-10-3-2-6-15-10)11(14)9-4-5-12-7-9;/h2-3,6,9,12H,4-5,7-8H2,1H3;1H/t9-;/m0./s1. The van der Waals surface area contributed by atoms with Crippen molar-refractivity contribution in [3.8, 4) is 0 Å². The third-order valence-electron chi connectivity index (χ3n) is 2.76. The summed E-state index contributed by atoms with van der Waals surface area (Å²) in [5.74, 6) is 0.461. The number of carbonyl (C=O) groups excluding carboxylic acids is 1. The van der Waals surface area contributed by atoms with Gasteiger partial charge in [0.05, 0.1) is 12.5 Å². The van der Waals surface area contributed by atoms with Gasteiger partial charge in [0.1, 0.15) is 0 Å². The van der Waals surface area contributed by atoms with Crippen LogP contribution in [0.5, 0.6) is 0 Å². The fraction of sp³-hybridized carbons (Fsp3) is 0.545. The summed E-state index contributed by atoms with van der Waals surface area (Å²) in [6.07, 6.45) is 0.980. The number of halogens is 1. The SMILES string of the molecule is CN(Cc1cccs1)C(=O)[C@H]1CCNC1.Cl. The zero-order valence-electron chi connectivity index (χ0n) is 9.31. The van der Waals surface area contributed by atoms with E-state index in [-0.39, 0.29) is 24.2 Å². The third-order valence-corrected chi connectivity index (χ3v) is 3.62. The molecule has 90 valence electrons. The molecule has 1 atom stereocenters. The Morgan fingerprint density at radius 3 is 3.06 bits per heavy atom. The van der Waals surface area contributed by atoms with E-state index < -0.39 is 0 Å². The molecule has 0 bridgehead atoms. The van der Waals surface area contributed by atoms with Crippen molar-refractivity contribution in [3.63, 3.8) is 0 Å². The molecule has 3 nitrogen and oxygen atoms in total. The van der Waals surface area contributed by atoms with Crippen LogP contribution in [-0.4, -0.2) is 30.9 Å². The minimum absolute atomic E-state index is 0. The maximum absolute atomic E-state index is 12.0. The zero-order valence-corrected chi connectivity index (χ0v) is 10.9. The highest BCUT2D eigenvalue weighted by molar-refractivity contribution is 7.09. The average Bonchev–Trinajstić information content (AvgIpc) is 2.88. The lowest BCUT2D eigenvalue weighted by molar-refractivity contribution is -0.134. The first-order chi connectivity index (χ1) is 7.27. The summed E-state index contributed by atoms with van der Waals surface area (Å²) < 4.78 is 0. The van der Waals surface area contributed by atoms with E-state index in [1.54, 1.807) is 11.3 Å². The van der Waals surface area contributed by atoms with E-state index in [0.717, 1.165) is 26.1 Å². The number of rotatable bonds is 3. The Morgan fingerprint density at radius 2 is 2.50 bits per heavy atom. The maximum atomic E-state index is 12.0. The van der Waals surface area contributed by atoms with Gasteiger partial charge in [0, 0.05) is 18.5 Å². The van der Waals surface area contributed by atoms with Gasteiger partial charge in [-0.15, -0.1) is 23.7 Å². The Labute approximate surface area is 106 Å². The van der Waals surface area contributed by atoms with Crippen LogP contribution in [0.1, 0.15) is 11.3 Å². The van der Waals surface area contributed by atoms with Crippen molar-refractivity contribution in [2.45, 2.75) is 13.0 Å². The van der Waals surface area contributed by atoms with Crippen molar-refractivity contribution >= 4 is 29.7 Å². The van der Waals surface area contributed by atoms with Gasteiger partial charge in [0.15, 0.2) is 0 Å². The molecule has 1 aliphatic heterocycles. The molecule has 5 heteroatoms. The molecule has 0 aromatic carbocycles. The minimum atomic E-state index is 0. The molecule has 2 heterocycles.